The predicted molar refractivity (Wildman–Crippen MR) is 64.8 cm³/mol. The van der Waals surface area contributed by atoms with Gasteiger partial charge in [0.25, 0.3) is 0 Å². The molecule has 0 spiro atoms. The van der Waals surface area contributed by atoms with Crippen molar-refractivity contribution in [3.8, 4) is 0 Å². The van der Waals surface area contributed by atoms with Gasteiger partial charge in [-0.1, -0.05) is 23.7 Å². The van der Waals surface area contributed by atoms with Crippen LogP contribution in [0.4, 0.5) is 0 Å². The van der Waals surface area contributed by atoms with Gasteiger partial charge < -0.3 is 9.84 Å². The lowest BCUT2D eigenvalue weighted by Crippen LogP contribution is -2.05. The molecule has 0 saturated heterocycles. The number of unbranched alkanes of at least 4 members (excludes halogenated alkanes) is 1. The molecule has 2 heterocycles. The second kappa shape index (κ2) is 6.25. The number of hydrogen-bond donors (Lipinski definition) is 1. The molecule has 2 aromatic rings. The van der Waals surface area contributed by atoms with E-state index in [-0.39, 0.29) is 0 Å². The first-order valence-electron chi connectivity index (χ1n) is 6.17. The molecule has 0 aromatic carbocycles. The minimum absolute atomic E-state index is 0.468. The highest BCUT2D eigenvalue weighted by Gasteiger charge is 2.08. The van der Waals surface area contributed by atoms with E-state index in [0.717, 1.165) is 30.8 Å². The second-order valence-corrected chi connectivity index (χ2v) is 4.15. The van der Waals surface area contributed by atoms with Crippen molar-refractivity contribution in [1.82, 2.24) is 30.5 Å². The van der Waals surface area contributed by atoms with Crippen LogP contribution in [-0.2, 0) is 19.5 Å². The zero-order valence-corrected chi connectivity index (χ0v) is 10.8. The Bertz CT molecular complexity index is 477. The molecule has 7 heteroatoms. The van der Waals surface area contributed by atoms with Gasteiger partial charge in [0.05, 0.1) is 11.9 Å². The summed E-state index contributed by atoms with van der Waals surface area (Å²) < 4.78 is 6.87. The molecule has 1 N–H and O–H groups in total. The van der Waals surface area contributed by atoms with Gasteiger partial charge in [0, 0.05) is 13.0 Å². The van der Waals surface area contributed by atoms with E-state index in [1.165, 1.54) is 0 Å². The molecule has 18 heavy (non-hydrogen) atoms. The summed E-state index contributed by atoms with van der Waals surface area (Å²) in [5.74, 6) is 1.34. The summed E-state index contributed by atoms with van der Waals surface area (Å²) in [5, 5.41) is 15.0. The standard InChI is InChI=1S/C11H18N6O/c1-3-4-5-10-13-11(18-15-10)8-17-7-9(6-12-2)14-16-17/h7,12H,3-6,8H2,1-2H3. The Hall–Kier alpha value is -1.76. The van der Waals surface area contributed by atoms with Crippen LogP contribution in [0.15, 0.2) is 10.7 Å². The predicted octanol–water partition coefficient (Wildman–Crippen LogP) is 0.771. The van der Waals surface area contributed by atoms with Crippen LogP contribution in [0.3, 0.4) is 0 Å². The van der Waals surface area contributed by atoms with Crippen LogP contribution in [-0.4, -0.2) is 32.2 Å². The fourth-order valence-electron chi connectivity index (χ4n) is 1.61. The number of aryl methyl sites for hydroxylation is 1. The molecule has 0 saturated carbocycles. The lowest BCUT2D eigenvalue weighted by molar-refractivity contribution is 0.359. The zero-order valence-electron chi connectivity index (χ0n) is 10.8. The van der Waals surface area contributed by atoms with Crippen molar-refractivity contribution in [3.63, 3.8) is 0 Å². The summed E-state index contributed by atoms with van der Waals surface area (Å²) in [6.45, 7) is 3.31. The van der Waals surface area contributed by atoms with E-state index >= 15 is 0 Å². The maximum absolute atomic E-state index is 5.17. The molecule has 2 aromatic heterocycles. The fraction of sp³-hybridized carbons (Fsp3) is 0.636. The van der Waals surface area contributed by atoms with Crippen LogP contribution >= 0.6 is 0 Å². The highest BCUT2D eigenvalue weighted by molar-refractivity contribution is 4.93. The number of aromatic nitrogens is 5. The van der Waals surface area contributed by atoms with Crippen LogP contribution < -0.4 is 5.32 Å². The minimum Gasteiger partial charge on any atom is -0.337 e. The Kier molecular flexibility index (Phi) is 4.40. The van der Waals surface area contributed by atoms with Gasteiger partial charge in [-0.15, -0.1) is 5.10 Å². The first-order chi connectivity index (χ1) is 8.81. The summed E-state index contributed by atoms with van der Waals surface area (Å²) >= 11 is 0. The number of nitrogens with one attached hydrogen (secondary N) is 1. The molecule has 0 atom stereocenters. The average Bonchev–Trinajstić information content (AvgIpc) is 2.98. The van der Waals surface area contributed by atoms with Crippen molar-refractivity contribution in [2.24, 2.45) is 0 Å². The Balaban J connectivity index is 1.93. The average molecular weight is 250 g/mol. The number of rotatable bonds is 7. The van der Waals surface area contributed by atoms with E-state index in [1.807, 2.05) is 13.2 Å². The highest BCUT2D eigenvalue weighted by Crippen LogP contribution is 2.04. The maximum atomic E-state index is 5.17. The van der Waals surface area contributed by atoms with E-state index in [0.29, 0.717) is 19.0 Å². The Morgan fingerprint density at radius 1 is 1.44 bits per heavy atom. The van der Waals surface area contributed by atoms with Gasteiger partial charge in [0.2, 0.25) is 5.89 Å². The SMILES string of the molecule is CCCCc1noc(Cn2cc(CNC)nn2)n1. The van der Waals surface area contributed by atoms with Crippen molar-refractivity contribution in [1.29, 1.82) is 0 Å². The van der Waals surface area contributed by atoms with Crippen LogP contribution in [0.2, 0.25) is 0 Å². The third-order valence-corrected chi connectivity index (χ3v) is 2.51. The van der Waals surface area contributed by atoms with E-state index in [4.69, 9.17) is 4.52 Å². The monoisotopic (exact) mass is 250 g/mol. The molecule has 0 amide bonds. The molecular weight excluding hydrogens is 232 g/mol. The number of nitrogens with zero attached hydrogens (tertiary/aromatic N) is 5. The normalized spacial score (nSPS) is 11.0. The molecule has 7 nitrogen and oxygen atoms in total. The molecule has 0 fully saturated rings. The summed E-state index contributed by atoms with van der Waals surface area (Å²) in [4.78, 5) is 4.32. The van der Waals surface area contributed by atoms with Crippen molar-refractivity contribution in [3.05, 3.63) is 23.6 Å². The lowest BCUT2D eigenvalue weighted by Gasteiger charge is -1.93. The van der Waals surface area contributed by atoms with Gasteiger partial charge in [0.15, 0.2) is 5.82 Å². The zero-order chi connectivity index (χ0) is 12.8. The van der Waals surface area contributed by atoms with Gasteiger partial charge >= 0.3 is 0 Å². The molecular formula is C11H18N6O. The first kappa shape index (κ1) is 12.7. The minimum atomic E-state index is 0.468. The molecule has 98 valence electrons. The highest BCUT2D eigenvalue weighted by atomic mass is 16.5. The van der Waals surface area contributed by atoms with Gasteiger partial charge in [-0.3, -0.25) is 0 Å². The molecule has 0 aliphatic carbocycles. The van der Waals surface area contributed by atoms with Crippen molar-refractivity contribution >= 4 is 0 Å². The van der Waals surface area contributed by atoms with Gasteiger partial charge in [0.1, 0.15) is 6.54 Å². The quantitative estimate of drug-likeness (QED) is 0.781. The van der Waals surface area contributed by atoms with Crippen molar-refractivity contribution in [2.45, 2.75) is 39.3 Å². The Morgan fingerprint density at radius 2 is 2.33 bits per heavy atom. The smallest absolute Gasteiger partial charge is 0.248 e. The van der Waals surface area contributed by atoms with Crippen LogP contribution in [0, 0.1) is 0 Å². The Morgan fingerprint density at radius 3 is 3.11 bits per heavy atom. The topological polar surface area (TPSA) is 81.7 Å². The molecule has 0 aliphatic rings. The van der Waals surface area contributed by atoms with E-state index in [9.17, 15) is 0 Å². The van der Waals surface area contributed by atoms with E-state index in [2.05, 4.69) is 32.7 Å². The fourth-order valence-corrected chi connectivity index (χ4v) is 1.61. The summed E-state index contributed by atoms with van der Waals surface area (Å²) in [7, 11) is 1.87. The van der Waals surface area contributed by atoms with Crippen LogP contribution in [0.5, 0.6) is 0 Å². The lowest BCUT2D eigenvalue weighted by atomic mass is 10.2. The third-order valence-electron chi connectivity index (χ3n) is 2.51. The van der Waals surface area contributed by atoms with E-state index < -0.39 is 0 Å². The van der Waals surface area contributed by atoms with Gasteiger partial charge in [-0.25, -0.2) is 4.68 Å². The van der Waals surface area contributed by atoms with Crippen molar-refractivity contribution < 1.29 is 4.52 Å². The molecule has 0 unspecified atom stereocenters. The van der Waals surface area contributed by atoms with Crippen LogP contribution in [0.1, 0.15) is 37.2 Å². The van der Waals surface area contributed by atoms with Crippen LogP contribution in [0.25, 0.3) is 0 Å². The van der Waals surface area contributed by atoms with Crippen molar-refractivity contribution in [2.75, 3.05) is 7.05 Å². The van der Waals surface area contributed by atoms with Gasteiger partial charge in [-0.2, -0.15) is 4.98 Å². The number of hydrogen-bond acceptors (Lipinski definition) is 6. The maximum Gasteiger partial charge on any atom is 0.248 e. The molecule has 0 aliphatic heterocycles. The summed E-state index contributed by atoms with van der Waals surface area (Å²) in [5.41, 5.74) is 0.892. The third kappa shape index (κ3) is 3.36. The van der Waals surface area contributed by atoms with E-state index in [1.54, 1.807) is 4.68 Å². The summed E-state index contributed by atoms with van der Waals surface area (Å²) in [6, 6.07) is 0. The first-order valence-corrected chi connectivity index (χ1v) is 6.17. The molecule has 2 rings (SSSR count). The summed E-state index contributed by atoms with van der Waals surface area (Å²) in [6.07, 6.45) is 4.93. The molecule has 0 radical (unpaired) electrons. The second-order valence-electron chi connectivity index (χ2n) is 4.15. The largest absolute Gasteiger partial charge is 0.337 e. The van der Waals surface area contributed by atoms with Gasteiger partial charge in [-0.05, 0) is 13.5 Å². The molecule has 0 bridgehead atoms. The Labute approximate surface area is 106 Å².